The lowest BCUT2D eigenvalue weighted by Gasteiger charge is -2.07. The van der Waals surface area contributed by atoms with Crippen LogP contribution in [0.2, 0.25) is 0 Å². The summed E-state index contributed by atoms with van der Waals surface area (Å²) in [5.41, 5.74) is 0.922. The van der Waals surface area contributed by atoms with Gasteiger partial charge in [0.1, 0.15) is 11.3 Å². The van der Waals surface area contributed by atoms with Crippen LogP contribution in [0.3, 0.4) is 0 Å². The summed E-state index contributed by atoms with van der Waals surface area (Å²) in [6.45, 7) is 2.03. The van der Waals surface area contributed by atoms with Crippen LogP contribution in [0, 0.1) is 0 Å². The Morgan fingerprint density at radius 3 is 2.88 bits per heavy atom. The van der Waals surface area contributed by atoms with Crippen molar-refractivity contribution in [3.8, 4) is 5.75 Å². The highest BCUT2D eigenvalue weighted by Crippen LogP contribution is 2.28. The fourth-order valence-corrected chi connectivity index (χ4v) is 1.78. The molecule has 84 valence electrons. The summed E-state index contributed by atoms with van der Waals surface area (Å²) in [7, 11) is 1.82. The summed E-state index contributed by atoms with van der Waals surface area (Å²) in [6, 6.07) is 5.17. The molecule has 0 amide bonds. The molecule has 4 heteroatoms. The molecule has 0 saturated carbocycles. The van der Waals surface area contributed by atoms with Gasteiger partial charge in [0, 0.05) is 18.6 Å². The highest BCUT2D eigenvalue weighted by Gasteiger charge is 2.18. The van der Waals surface area contributed by atoms with Crippen molar-refractivity contribution in [3.63, 3.8) is 0 Å². The molecule has 0 saturated heterocycles. The van der Waals surface area contributed by atoms with Crippen LogP contribution in [-0.2, 0) is 11.8 Å². The summed E-state index contributed by atoms with van der Waals surface area (Å²) >= 11 is 0. The van der Waals surface area contributed by atoms with Crippen molar-refractivity contribution in [1.82, 2.24) is 4.57 Å². The van der Waals surface area contributed by atoms with E-state index in [4.69, 9.17) is 4.74 Å². The van der Waals surface area contributed by atoms with Crippen molar-refractivity contribution in [2.75, 3.05) is 6.61 Å². The van der Waals surface area contributed by atoms with E-state index in [1.807, 2.05) is 19.3 Å². The first-order valence-corrected chi connectivity index (χ1v) is 5.09. The number of nitrogens with zero attached hydrogens (tertiary/aromatic N) is 1. The number of esters is 1. The van der Waals surface area contributed by atoms with Crippen molar-refractivity contribution in [2.45, 2.75) is 6.92 Å². The first-order valence-electron chi connectivity index (χ1n) is 5.09. The molecule has 0 aliphatic heterocycles. The van der Waals surface area contributed by atoms with E-state index in [0.29, 0.717) is 12.1 Å². The number of carbonyl (C=O) groups excluding carboxylic acids is 1. The van der Waals surface area contributed by atoms with Gasteiger partial charge in [-0.05, 0) is 25.1 Å². The zero-order chi connectivity index (χ0) is 11.7. The lowest BCUT2D eigenvalue weighted by molar-refractivity contribution is 0.0525. The second kappa shape index (κ2) is 3.89. The number of aryl methyl sites for hydroxylation is 1. The fourth-order valence-electron chi connectivity index (χ4n) is 1.78. The van der Waals surface area contributed by atoms with Gasteiger partial charge >= 0.3 is 5.97 Å². The number of hydrogen-bond donors (Lipinski definition) is 1. The zero-order valence-corrected chi connectivity index (χ0v) is 9.23. The maximum absolute atomic E-state index is 11.7. The van der Waals surface area contributed by atoms with Gasteiger partial charge in [0.15, 0.2) is 0 Å². The molecule has 1 aromatic heterocycles. The molecular formula is C12H13NO3. The van der Waals surface area contributed by atoms with E-state index < -0.39 is 5.97 Å². The molecule has 1 aromatic carbocycles. The monoisotopic (exact) mass is 219 g/mol. The largest absolute Gasteiger partial charge is 0.507 e. The van der Waals surface area contributed by atoms with Crippen LogP contribution in [0.25, 0.3) is 10.9 Å². The number of phenols is 1. The third-order valence-corrected chi connectivity index (χ3v) is 2.50. The van der Waals surface area contributed by atoms with Gasteiger partial charge in [-0.3, -0.25) is 0 Å². The maximum Gasteiger partial charge on any atom is 0.344 e. The molecule has 0 bridgehead atoms. The molecule has 0 aliphatic carbocycles. The van der Waals surface area contributed by atoms with Crippen LogP contribution in [0.4, 0.5) is 0 Å². The quantitative estimate of drug-likeness (QED) is 0.786. The van der Waals surface area contributed by atoms with Crippen LogP contribution in [-0.4, -0.2) is 22.2 Å². The lowest BCUT2D eigenvalue weighted by atomic mass is 10.1. The highest BCUT2D eigenvalue weighted by molar-refractivity contribution is 6.05. The predicted molar refractivity (Wildman–Crippen MR) is 60.5 cm³/mol. The van der Waals surface area contributed by atoms with E-state index in [1.165, 1.54) is 6.07 Å². The van der Waals surface area contributed by atoms with Crippen LogP contribution in [0.1, 0.15) is 17.3 Å². The van der Waals surface area contributed by atoms with Crippen LogP contribution >= 0.6 is 0 Å². The van der Waals surface area contributed by atoms with Gasteiger partial charge in [-0.25, -0.2) is 4.79 Å². The van der Waals surface area contributed by atoms with E-state index >= 15 is 0 Å². The zero-order valence-electron chi connectivity index (χ0n) is 9.23. The molecule has 2 aromatic rings. The first kappa shape index (κ1) is 10.5. The van der Waals surface area contributed by atoms with Gasteiger partial charge in [0.2, 0.25) is 0 Å². The standard InChI is InChI=1S/C12H13NO3/c1-3-16-12(15)10-9(14)5-4-8-6-7-13(2)11(8)10/h4-7,14H,3H2,1-2H3. The van der Waals surface area contributed by atoms with E-state index in [2.05, 4.69) is 0 Å². The minimum Gasteiger partial charge on any atom is -0.507 e. The smallest absolute Gasteiger partial charge is 0.344 e. The number of aromatic nitrogens is 1. The summed E-state index contributed by atoms with van der Waals surface area (Å²) in [5, 5.41) is 10.6. The molecule has 0 aliphatic rings. The Balaban J connectivity index is 2.69. The third kappa shape index (κ3) is 1.52. The Labute approximate surface area is 93.1 Å². The number of aromatic hydroxyl groups is 1. The molecule has 1 heterocycles. The topological polar surface area (TPSA) is 51.5 Å². The van der Waals surface area contributed by atoms with Crippen LogP contribution in [0.15, 0.2) is 24.4 Å². The fraction of sp³-hybridized carbons (Fsp3) is 0.250. The average molecular weight is 219 g/mol. The molecule has 0 fully saturated rings. The molecule has 0 unspecified atom stereocenters. The number of ether oxygens (including phenoxy) is 1. The third-order valence-electron chi connectivity index (χ3n) is 2.50. The van der Waals surface area contributed by atoms with E-state index in [0.717, 1.165) is 5.39 Å². The lowest BCUT2D eigenvalue weighted by Crippen LogP contribution is -2.07. The van der Waals surface area contributed by atoms with Crippen LogP contribution < -0.4 is 0 Å². The number of fused-ring (bicyclic) bond motifs is 1. The summed E-state index contributed by atoms with van der Waals surface area (Å²) in [6.07, 6.45) is 1.84. The Morgan fingerprint density at radius 2 is 2.19 bits per heavy atom. The molecule has 2 rings (SSSR count). The first-order chi connectivity index (χ1) is 7.65. The average Bonchev–Trinajstić information content (AvgIpc) is 2.61. The Morgan fingerprint density at radius 1 is 1.44 bits per heavy atom. The number of rotatable bonds is 2. The summed E-state index contributed by atoms with van der Waals surface area (Å²) in [4.78, 5) is 11.7. The van der Waals surface area contributed by atoms with Crippen molar-refractivity contribution in [2.24, 2.45) is 7.05 Å². The van der Waals surface area contributed by atoms with Gasteiger partial charge in [0.25, 0.3) is 0 Å². The maximum atomic E-state index is 11.7. The SMILES string of the molecule is CCOC(=O)c1c(O)ccc2ccn(C)c12. The molecule has 16 heavy (non-hydrogen) atoms. The predicted octanol–water partition coefficient (Wildman–Crippen LogP) is 2.06. The number of carbonyl (C=O) groups is 1. The normalized spacial score (nSPS) is 10.6. The van der Waals surface area contributed by atoms with E-state index in [1.54, 1.807) is 17.6 Å². The number of benzene rings is 1. The number of phenolic OH excluding ortho intramolecular Hbond substituents is 1. The molecule has 4 nitrogen and oxygen atoms in total. The van der Waals surface area contributed by atoms with Crippen molar-refractivity contribution in [3.05, 3.63) is 30.0 Å². The molecule has 0 radical (unpaired) electrons. The Hall–Kier alpha value is -1.97. The molecule has 0 atom stereocenters. The van der Waals surface area contributed by atoms with Gasteiger partial charge in [0.05, 0.1) is 12.1 Å². The van der Waals surface area contributed by atoms with Gasteiger partial charge < -0.3 is 14.4 Å². The Kier molecular flexibility index (Phi) is 2.56. The van der Waals surface area contributed by atoms with E-state index in [9.17, 15) is 9.90 Å². The van der Waals surface area contributed by atoms with Gasteiger partial charge in [-0.2, -0.15) is 0 Å². The van der Waals surface area contributed by atoms with Gasteiger partial charge in [-0.1, -0.05) is 0 Å². The molecule has 1 N–H and O–H groups in total. The highest BCUT2D eigenvalue weighted by atomic mass is 16.5. The van der Waals surface area contributed by atoms with Crippen molar-refractivity contribution in [1.29, 1.82) is 0 Å². The molecular weight excluding hydrogens is 206 g/mol. The minimum absolute atomic E-state index is 0.0484. The Bertz CT molecular complexity index is 542. The van der Waals surface area contributed by atoms with Gasteiger partial charge in [-0.15, -0.1) is 0 Å². The summed E-state index contributed by atoms with van der Waals surface area (Å²) in [5.74, 6) is -0.542. The minimum atomic E-state index is -0.493. The second-order valence-corrected chi connectivity index (χ2v) is 3.54. The van der Waals surface area contributed by atoms with Crippen molar-refractivity contribution >= 4 is 16.9 Å². The van der Waals surface area contributed by atoms with Crippen LogP contribution in [0.5, 0.6) is 5.75 Å². The molecule has 0 spiro atoms. The number of hydrogen-bond acceptors (Lipinski definition) is 3. The summed E-state index contributed by atoms with van der Waals surface area (Å²) < 4.78 is 6.72. The second-order valence-electron chi connectivity index (χ2n) is 3.54. The van der Waals surface area contributed by atoms with Crippen molar-refractivity contribution < 1.29 is 14.6 Å². The van der Waals surface area contributed by atoms with E-state index in [-0.39, 0.29) is 11.3 Å².